The molecule has 2 aromatic rings. The van der Waals surface area contributed by atoms with Crippen LogP contribution >= 0.6 is 0 Å². The van der Waals surface area contributed by atoms with Gasteiger partial charge in [-0.25, -0.2) is 8.42 Å². The van der Waals surface area contributed by atoms with E-state index in [0.717, 1.165) is 40.4 Å². The third-order valence-corrected chi connectivity index (χ3v) is 7.92. The summed E-state index contributed by atoms with van der Waals surface area (Å²) in [4.78, 5) is 27.0. The standard InChI is InChI=1S/C24H29N3O4S/c1-4-17-6-5-7-20(13-17)25-23(28)15-26(3)32(30,31)21-10-11-22-19(14-21)12-16(2)27(22)24(29)18-8-9-18/h5-7,10-11,13-14,16,18H,4,8-9,12,15H2,1-3H3,(H,25,28)/t16-/m1/s1. The molecule has 2 aliphatic rings. The number of carbonyl (C=O) groups is 2. The summed E-state index contributed by atoms with van der Waals surface area (Å²) in [7, 11) is -2.45. The Morgan fingerprint density at radius 2 is 1.91 bits per heavy atom. The molecule has 7 nitrogen and oxygen atoms in total. The second-order valence-corrected chi connectivity index (χ2v) is 10.7. The van der Waals surface area contributed by atoms with E-state index in [9.17, 15) is 18.0 Å². The molecule has 1 aliphatic heterocycles. The minimum atomic E-state index is -3.85. The molecule has 0 unspecified atom stereocenters. The molecule has 32 heavy (non-hydrogen) atoms. The maximum Gasteiger partial charge on any atom is 0.243 e. The van der Waals surface area contributed by atoms with Gasteiger partial charge in [0.1, 0.15) is 0 Å². The van der Waals surface area contributed by atoms with Crippen molar-refractivity contribution in [3.63, 3.8) is 0 Å². The van der Waals surface area contributed by atoms with E-state index in [1.807, 2.05) is 36.9 Å². The van der Waals surface area contributed by atoms with Crippen LogP contribution in [0.15, 0.2) is 47.4 Å². The van der Waals surface area contributed by atoms with Gasteiger partial charge in [-0.15, -0.1) is 0 Å². The quantitative estimate of drug-likeness (QED) is 0.695. The van der Waals surface area contributed by atoms with Crippen molar-refractivity contribution in [2.75, 3.05) is 23.8 Å². The number of nitrogens with one attached hydrogen (secondary N) is 1. The first-order chi connectivity index (χ1) is 15.2. The highest BCUT2D eigenvalue weighted by molar-refractivity contribution is 7.89. The maximum atomic E-state index is 13.1. The summed E-state index contributed by atoms with van der Waals surface area (Å²) in [6.45, 7) is 3.72. The minimum absolute atomic E-state index is 0.0124. The van der Waals surface area contributed by atoms with Crippen LogP contribution in [0.1, 0.15) is 37.8 Å². The van der Waals surface area contributed by atoms with Crippen molar-refractivity contribution >= 4 is 33.2 Å². The number of aryl methyl sites for hydroxylation is 1. The molecular formula is C24H29N3O4S. The Hall–Kier alpha value is -2.71. The van der Waals surface area contributed by atoms with Crippen LogP contribution < -0.4 is 10.2 Å². The van der Waals surface area contributed by atoms with Gasteiger partial charge in [-0.1, -0.05) is 19.1 Å². The Kier molecular flexibility index (Phi) is 6.09. The fourth-order valence-electron chi connectivity index (χ4n) is 4.17. The number of anilines is 2. The number of nitrogens with zero attached hydrogens (tertiary/aromatic N) is 2. The Morgan fingerprint density at radius 3 is 2.59 bits per heavy atom. The highest BCUT2D eigenvalue weighted by atomic mass is 32.2. The summed E-state index contributed by atoms with van der Waals surface area (Å²) >= 11 is 0. The van der Waals surface area contributed by atoms with E-state index in [1.165, 1.54) is 13.1 Å². The van der Waals surface area contributed by atoms with Gasteiger partial charge in [0.15, 0.2) is 0 Å². The summed E-state index contributed by atoms with van der Waals surface area (Å²) < 4.78 is 27.3. The second-order valence-electron chi connectivity index (χ2n) is 8.69. The summed E-state index contributed by atoms with van der Waals surface area (Å²) in [5.74, 6) is -0.164. The molecule has 1 atom stereocenters. The van der Waals surface area contributed by atoms with Crippen molar-refractivity contribution in [2.45, 2.75) is 50.5 Å². The predicted molar refractivity (Wildman–Crippen MR) is 124 cm³/mol. The summed E-state index contributed by atoms with van der Waals surface area (Å²) in [6.07, 6.45) is 3.33. The molecule has 1 fully saturated rings. The fourth-order valence-corrected chi connectivity index (χ4v) is 5.35. The molecule has 8 heteroatoms. The third kappa shape index (κ3) is 4.42. The average Bonchev–Trinajstić information content (AvgIpc) is 3.55. The molecule has 1 heterocycles. The van der Waals surface area contributed by atoms with E-state index in [-0.39, 0.29) is 29.3 Å². The highest BCUT2D eigenvalue weighted by Crippen LogP contribution is 2.39. The molecule has 1 N–H and O–H groups in total. The van der Waals surface area contributed by atoms with Crippen molar-refractivity contribution in [3.8, 4) is 0 Å². The summed E-state index contributed by atoms with van der Waals surface area (Å²) in [5, 5.41) is 2.76. The second kappa shape index (κ2) is 8.67. The van der Waals surface area contributed by atoms with E-state index in [0.29, 0.717) is 12.1 Å². The lowest BCUT2D eigenvalue weighted by molar-refractivity contribution is -0.120. The van der Waals surface area contributed by atoms with Gasteiger partial charge >= 0.3 is 0 Å². The summed E-state index contributed by atoms with van der Waals surface area (Å²) in [6, 6.07) is 12.4. The zero-order chi connectivity index (χ0) is 23.0. The number of hydrogen-bond donors (Lipinski definition) is 1. The molecule has 0 bridgehead atoms. The van der Waals surface area contributed by atoms with E-state index in [1.54, 1.807) is 18.2 Å². The average molecular weight is 456 g/mol. The van der Waals surface area contributed by atoms with Crippen LogP contribution in [0.3, 0.4) is 0 Å². The first kappa shape index (κ1) is 22.5. The molecule has 4 rings (SSSR count). The van der Waals surface area contributed by atoms with Gasteiger partial charge in [-0.2, -0.15) is 4.31 Å². The SMILES string of the molecule is CCc1cccc(NC(=O)CN(C)S(=O)(=O)c2ccc3c(c2)C[C@@H](C)N3C(=O)C2CC2)c1. The van der Waals surface area contributed by atoms with Crippen molar-refractivity contribution in [1.82, 2.24) is 4.31 Å². The van der Waals surface area contributed by atoms with Crippen LogP contribution in [0, 0.1) is 5.92 Å². The van der Waals surface area contributed by atoms with Gasteiger partial charge in [-0.3, -0.25) is 9.59 Å². The Balaban J connectivity index is 1.47. The van der Waals surface area contributed by atoms with Crippen LogP contribution in [0.5, 0.6) is 0 Å². The van der Waals surface area contributed by atoms with E-state index >= 15 is 0 Å². The Labute approximate surface area is 189 Å². The van der Waals surface area contributed by atoms with Crippen LogP contribution in [-0.2, 0) is 32.5 Å². The van der Waals surface area contributed by atoms with E-state index in [4.69, 9.17) is 0 Å². The zero-order valence-electron chi connectivity index (χ0n) is 18.7. The van der Waals surface area contributed by atoms with Gasteiger partial charge in [0.2, 0.25) is 21.8 Å². The first-order valence-electron chi connectivity index (χ1n) is 11.0. The number of benzene rings is 2. The number of fused-ring (bicyclic) bond motifs is 1. The third-order valence-electron chi connectivity index (χ3n) is 6.12. The molecule has 0 saturated heterocycles. The van der Waals surface area contributed by atoms with Crippen molar-refractivity contribution < 1.29 is 18.0 Å². The van der Waals surface area contributed by atoms with Crippen molar-refractivity contribution in [1.29, 1.82) is 0 Å². The number of rotatable bonds is 7. The van der Waals surface area contributed by atoms with Crippen LogP contribution in [0.2, 0.25) is 0 Å². The molecule has 1 saturated carbocycles. The lowest BCUT2D eigenvalue weighted by Gasteiger charge is -2.23. The smallest absolute Gasteiger partial charge is 0.243 e. The van der Waals surface area contributed by atoms with Gasteiger partial charge in [-0.05, 0) is 74.1 Å². The van der Waals surface area contributed by atoms with E-state index < -0.39 is 15.9 Å². The molecule has 2 amide bonds. The molecule has 0 radical (unpaired) electrons. The van der Waals surface area contributed by atoms with Gasteiger partial charge in [0, 0.05) is 30.4 Å². The van der Waals surface area contributed by atoms with Crippen LogP contribution in [0.25, 0.3) is 0 Å². The Morgan fingerprint density at radius 1 is 1.16 bits per heavy atom. The molecule has 1 aliphatic carbocycles. The van der Waals surface area contributed by atoms with Crippen molar-refractivity contribution in [3.05, 3.63) is 53.6 Å². The molecule has 170 valence electrons. The number of carbonyl (C=O) groups excluding carboxylic acids is 2. The summed E-state index contributed by atoms with van der Waals surface area (Å²) in [5.41, 5.74) is 3.38. The molecular weight excluding hydrogens is 426 g/mol. The molecule has 2 aromatic carbocycles. The van der Waals surface area contributed by atoms with E-state index in [2.05, 4.69) is 5.32 Å². The Bertz CT molecular complexity index is 1160. The molecule has 0 aromatic heterocycles. The van der Waals surface area contributed by atoms with Gasteiger partial charge in [0.05, 0.1) is 11.4 Å². The lowest BCUT2D eigenvalue weighted by Crippen LogP contribution is -2.36. The normalized spacial score (nSPS) is 18.0. The van der Waals surface area contributed by atoms with Crippen LogP contribution in [-0.4, -0.2) is 44.2 Å². The van der Waals surface area contributed by atoms with Gasteiger partial charge < -0.3 is 10.2 Å². The largest absolute Gasteiger partial charge is 0.325 e. The number of amides is 2. The lowest BCUT2D eigenvalue weighted by atomic mass is 10.1. The topological polar surface area (TPSA) is 86.8 Å². The zero-order valence-corrected chi connectivity index (χ0v) is 19.5. The number of sulfonamides is 1. The van der Waals surface area contributed by atoms with Gasteiger partial charge in [0.25, 0.3) is 0 Å². The highest BCUT2D eigenvalue weighted by Gasteiger charge is 2.40. The predicted octanol–water partition coefficient (Wildman–Crippen LogP) is 3.20. The fraction of sp³-hybridized carbons (Fsp3) is 0.417. The number of hydrogen-bond acceptors (Lipinski definition) is 4. The van der Waals surface area contributed by atoms with Crippen LogP contribution in [0.4, 0.5) is 11.4 Å². The minimum Gasteiger partial charge on any atom is -0.325 e. The monoisotopic (exact) mass is 455 g/mol. The maximum absolute atomic E-state index is 13.1. The molecule has 0 spiro atoms. The first-order valence-corrected chi connectivity index (χ1v) is 12.5. The number of likely N-dealkylation sites (N-methyl/N-ethyl adjacent to an activating group) is 1. The van der Waals surface area contributed by atoms with Crippen molar-refractivity contribution in [2.24, 2.45) is 5.92 Å².